The van der Waals surface area contributed by atoms with Crippen molar-refractivity contribution in [2.75, 3.05) is 0 Å². The molecule has 2 aromatic rings. The van der Waals surface area contributed by atoms with Gasteiger partial charge >= 0.3 is 5.97 Å². The first kappa shape index (κ1) is 18.5. The average molecular weight is 376 g/mol. The molecule has 0 atom stereocenters. The zero-order chi connectivity index (χ0) is 18.7. The van der Waals surface area contributed by atoms with Crippen LogP contribution in [0.15, 0.2) is 30.5 Å². The average Bonchev–Trinajstić information content (AvgIpc) is 3.06. The molecule has 1 amide bonds. The highest BCUT2D eigenvalue weighted by atomic mass is 35.5. The number of carbonyl (C=O) groups is 2. The third-order valence-electron chi connectivity index (χ3n) is 4.91. The Labute approximate surface area is 157 Å². The summed E-state index contributed by atoms with van der Waals surface area (Å²) in [5.74, 6) is -1.19. The van der Waals surface area contributed by atoms with Gasteiger partial charge in [-0.15, -0.1) is 0 Å². The van der Waals surface area contributed by atoms with Gasteiger partial charge in [-0.25, -0.2) is 4.68 Å². The van der Waals surface area contributed by atoms with E-state index in [-0.39, 0.29) is 17.9 Å². The number of hydrogen-bond donors (Lipinski definition) is 2. The summed E-state index contributed by atoms with van der Waals surface area (Å²) in [7, 11) is 0. The lowest BCUT2D eigenvalue weighted by atomic mass is 9.86. The van der Waals surface area contributed by atoms with Crippen molar-refractivity contribution in [3.63, 3.8) is 0 Å². The molecular weight excluding hydrogens is 354 g/mol. The van der Waals surface area contributed by atoms with E-state index in [9.17, 15) is 9.59 Å². The predicted molar refractivity (Wildman–Crippen MR) is 98.8 cm³/mol. The molecule has 0 saturated heterocycles. The van der Waals surface area contributed by atoms with Gasteiger partial charge in [-0.3, -0.25) is 9.59 Å². The smallest absolute Gasteiger partial charge is 0.306 e. The van der Waals surface area contributed by atoms with Crippen LogP contribution in [0.4, 0.5) is 0 Å². The van der Waals surface area contributed by atoms with Crippen LogP contribution in [0, 0.1) is 5.92 Å². The molecule has 0 bridgehead atoms. The van der Waals surface area contributed by atoms with Crippen molar-refractivity contribution in [3.05, 3.63) is 46.7 Å². The van der Waals surface area contributed by atoms with Crippen molar-refractivity contribution in [2.24, 2.45) is 5.92 Å². The first-order valence-electron chi connectivity index (χ1n) is 8.86. The topological polar surface area (TPSA) is 84.2 Å². The Balaban J connectivity index is 1.73. The second-order valence-electron chi connectivity index (χ2n) is 6.61. The number of benzene rings is 1. The Morgan fingerprint density at radius 2 is 2.04 bits per heavy atom. The third-order valence-corrected chi connectivity index (χ3v) is 5.15. The standard InChI is InChI=1S/C19H22ClN3O3/c1-2-17-16(11-21-23(17)15-5-3-4-13(20)10-15)18(24)22-14-8-6-12(7-9-14)19(25)26/h3-5,10-12,14H,2,6-9H2,1H3,(H,22,24)(H,25,26). The van der Waals surface area contributed by atoms with Gasteiger partial charge < -0.3 is 10.4 Å². The van der Waals surface area contributed by atoms with Crippen LogP contribution in [0.25, 0.3) is 5.69 Å². The summed E-state index contributed by atoms with van der Waals surface area (Å²) in [5.41, 5.74) is 2.19. The number of rotatable bonds is 5. The van der Waals surface area contributed by atoms with Gasteiger partial charge in [0.1, 0.15) is 0 Å². The van der Waals surface area contributed by atoms with Crippen LogP contribution in [-0.2, 0) is 11.2 Å². The van der Waals surface area contributed by atoms with E-state index in [1.165, 1.54) is 0 Å². The van der Waals surface area contributed by atoms with E-state index in [1.807, 2.05) is 25.1 Å². The Morgan fingerprint density at radius 3 is 2.65 bits per heavy atom. The van der Waals surface area contributed by atoms with Crippen LogP contribution in [0.3, 0.4) is 0 Å². The molecule has 1 saturated carbocycles. The maximum atomic E-state index is 12.7. The molecule has 1 aromatic heterocycles. The number of nitrogens with one attached hydrogen (secondary N) is 1. The molecule has 7 heteroatoms. The van der Waals surface area contributed by atoms with Crippen LogP contribution in [0.5, 0.6) is 0 Å². The van der Waals surface area contributed by atoms with Crippen molar-refractivity contribution in [1.82, 2.24) is 15.1 Å². The second kappa shape index (κ2) is 7.91. The number of carboxylic acids is 1. The SMILES string of the molecule is CCc1c(C(=O)NC2CCC(C(=O)O)CC2)cnn1-c1cccc(Cl)c1. The minimum absolute atomic E-state index is 0.0114. The minimum Gasteiger partial charge on any atom is -0.481 e. The summed E-state index contributed by atoms with van der Waals surface area (Å²) < 4.78 is 1.74. The molecule has 0 spiro atoms. The molecule has 1 fully saturated rings. The van der Waals surface area contributed by atoms with Crippen LogP contribution < -0.4 is 5.32 Å². The van der Waals surface area contributed by atoms with Crippen LogP contribution in [0.2, 0.25) is 5.02 Å². The number of aromatic nitrogens is 2. The molecule has 2 N–H and O–H groups in total. The van der Waals surface area contributed by atoms with Crippen molar-refractivity contribution in [1.29, 1.82) is 0 Å². The normalized spacial score (nSPS) is 19.9. The van der Waals surface area contributed by atoms with E-state index in [4.69, 9.17) is 16.7 Å². The fraction of sp³-hybridized carbons (Fsp3) is 0.421. The Hall–Kier alpha value is -2.34. The second-order valence-corrected chi connectivity index (χ2v) is 7.05. The van der Waals surface area contributed by atoms with E-state index in [2.05, 4.69) is 10.4 Å². The molecular formula is C19H22ClN3O3. The lowest BCUT2D eigenvalue weighted by Gasteiger charge is -2.26. The van der Waals surface area contributed by atoms with E-state index < -0.39 is 5.97 Å². The number of nitrogens with zero attached hydrogens (tertiary/aromatic N) is 2. The molecule has 1 aliphatic carbocycles. The lowest BCUT2D eigenvalue weighted by molar-refractivity contribution is -0.142. The zero-order valence-electron chi connectivity index (χ0n) is 14.6. The summed E-state index contributed by atoms with van der Waals surface area (Å²) in [4.78, 5) is 23.8. The van der Waals surface area contributed by atoms with Gasteiger partial charge in [-0.05, 0) is 50.3 Å². The molecule has 0 radical (unpaired) electrons. The van der Waals surface area contributed by atoms with Gasteiger partial charge in [-0.2, -0.15) is 5.10 Å². The molecule has 26 heavy (non-hydrogen) atoms. The predicted octanol–water partition coefficient (Wildman–Crippen LogP) is 3.46. The fourth-order valence-corrected chi connectivity index (χ4v) is 3.67. The van der Waals surface area contributed by atoms with Gasteiger partial charge in [0.2, 0.25) is 0 Å². The van der Waals surface area contributed by atoms with E-state index in [0.717, 1.165) is 11.4 Å². The zero-order valence-corrected chi connectivity index (χ0v) is 15.4. The monoisotopic (exact) mass is 375 g/mol. The van der Waals surface area contributed by atoms with Crippen LogP contribution in [0.1, 0.15) is 48.7 Å². The third kappa shape index (κ3) is 3.90. The number of hydrogen-bond acceptors (Lipinski definition) is 3. The van der Waals surface area contributed by atoms with Crippen LogP contribution in [-0.4, -0.2) is 32.8 Å². The Kier molecular flexibility index (Phi) is 5.61. The number of amides is 1. The summed E-state index contributed by atoms with van der Waals surface area (Å²) in [6.45, 7) is 1.98. The summed E-state index contributed by atoms with van der Waals surface area (Å²) in [6, 6.07) is 7.35. The number of halogens is 1. The first-order chi connectivity index (χ1) is 12.5. The van der Waals surface area contributed by atoms with E-state index >= 15 is 0 Å². The quantitative estimate of drug-likeness (QED) is 0.838. The summed E-state index contributed by atoms with van der Waals surface area (Å²) >= 11 is 6.06. The lowest BCUT2D eigenvalue weighted by Crippen LogP contribution is -2.39. The first-order valence-corrected chi connectivity index (χ1v) is 9.24. The highest BCUT2D eigenvalue weighted by Crippen LogP contribution is 2.25. The summed E-state index contributed by atoms with van der Waals surface area (Å²) in [6.07, 6.45) is 4.81. The molecule has 0 unspecified atom stereocenters. The van der Waals surface area contributed by atoms with Gasteiger partial charge in [0.05, 0.1) is 29.1 Å². The number of carbonyl (C=O) groups excluding carboxylic acids is 1. The molecule has 138 valence electrons. The molecule has 1 heterocycles. The van der Waals surface area contributed by atoms with Crippen molar-refractivity contribution >= 4 is 23.5 Å². The van der Waals surface area contributed by atoms with Gasteiger partial charge in [0.25, 0.3) is 5.91 Å². The molecule has 0 aliphatic heterocycles. The van der Waals surface area contributed by atoms with Crippen molar-refractivity contribution in [3.8, 4) is 5.69 Å². The van der Waals surface area contributed by atoms with Crippen molar-refractivity contribution < 1.29 is 14.7 Å². The van der Waals surface area contributed by atoms with Gasteiger partial charge in [0, 0.05) is 11.1 Å². The highest BCUT2D eigenvalue weighted by molar-refractivity contribution is 6.30. The highest BCUT2D eigenvalue weighted by Gasteiger charge is 2.28. The number of aliphatic carboxylic acids is 1. The largest absolute Gasteiger partial charge is 0.481 e. The minimum atomic E-state index is -0.745. The van der Waals surface area contributed by atoms with Crippen molar-refractivity contribution in [2.45, 2.75) is 45.1 Å². The Bertz CT molecular complexity index is 810. The maximum absolute atomic E-state index is 12.7. The van der Waals surface area contributed by atoms with E-state index in [0.29, 0.717) is 42.7 Å². The summed E-state index contributed by atoms with van der Waals surface area (Å²) in [5, 5.41) is 17.1. The fourth-order valence-electron chi connectivity index (χ4n) is 3.48. The van der Waals surface area contributed by atoms with Gasteiger partial charge in [-0.1, -0.05) is 24.6 Å². The maximum Gasteiger partial charge on any atom is 0.306 e. The number of carboxylic acid groups (broad SMARTS) is 1. The molecule has 6 nitrogen and oxygen atoms in total. The molecule has 3 rings (SSSR count). The molecule has 1 aliphatic rings. The molecule has 1 aromatic carbocycles. The Morgan fingerprint density at radius 1 is 1.31 bits per heavy atom. The van der Waals surface area contributed by atoms with Gasteiger partial charge in [0.15, 0.2) is 0 Å². The van der Waals surface area contributed by atoms with Crippen LogP contribution >= 0.6 is 11.6 Å². The van der Waals surface area contributed by atoms with E-state index in [1.54, 1.807) is 16.9 Å².